The number of carbonyl (C=O) groups excluding carboxylic acids is 1. The lowest BCUT2D eigenvalue weighted by Crippen LogP contribution is -2.27. The highest BCUT2D eigenvalue weighted by molar-refractivity contribution is 7.10. The first-order valence-corrected chi connectivity index (χ1v) is 9.87. The Morgan fingerprint density at radius 2 is 1.97 bits per heavy atom. The third-order valence-corrected chi connectivity index (χ3v) is 5.58. The second kappa shape index (κ2) is 7.98. The predicted molar refractivity (Wildman–Crippen MR) is 105 cm³/mol. The summed E-state index contributed by atoms with van der Waals surface area (Å²) in [7, 11) is 1.72. The molecule has 0 spiro atoms. The van der Waals surface area contributed by atoms with Crippen LogP contribution in [0, 0.1) is 6.92 Å². The Morgan fingerprint density at radius 3 is 2.48 bits per heavy atom. The number of thiophene rings is 1. The Kier molecular flexibility index (Phi) is 5.79. The largest absolute Gasteiger partial charge is 0.417 e. The van der Waals surface area contributed by atoms with Crippen molar-refractivity contribution in [2.24, 2.45) is 0 Å². The van der Waals surface area contributed by atoms with Crippen molar-refractivity contribution in [3.63, 3.8) is 0 Å². The van der Waals surface area contributed by atoms with Gasteiger partial charge in [-0.2, -0.15) is 18.3 Å². The van der Waals surface area contributed by atoms with Crippen molar-refractivity contribution in [3.8, 4) is 5.82 Å². The summed E-state index contributed by atoms with van der Waals surface area (Å²) < 4.78 is 39.8. The topological polar surface area (TPSA) is 51.0 Å². The van der Waals surface area contributed by atoms with E-state index in [4.69, 9.17) is 0 Å². The maximum atomic E-state index is 13.0. The smallest absolute Gasteiger partial charge is 0.336 e. The van der Waals surface area contributed by atoms with Crippen molar-refractivity contribution in [1.29, 1.82) is 0 Å². The summed E-state index contributed by atoms with van der Waals surface area (Å²) in [6.45, 7) is 6.27. The van der Waals surface area contributed by atoms with Crippen LogP contribution in [0.25, 0.3) is 5.82 Å². The van der Waals surface area contributed by atoms with E-state index >= 15 is 0 Å². The maximum Gasteiger partial charge on any atom is 0.417 e. The van der Waals surface area contributed by atoms with Gasteiger partial charge in [0.2, 0.25) is 0 Å². The molecule has 5 nitrogen and oxygen atoms in total. The minimum absolute atomic E-state index is 0.0857. The first-order chi connectivity index (χ1) is 13.6. The number of amides is 1. The average Bonchev–Trinajstić information content (AvgIpc) is 3.27. The van der Waals surface area contributed by atoms with Crippen molar-refractivity contribution in [2.45, 2.75) is 39.4 Å². The zero-order chi connectivity index (χ0) is 21.3. The molecule has 0 aliphatic heterocycles. The number of halogens is 3. The summed E-state index contributed by atoms with van der Waals surface area (Å²) in [5.74, 6) is -0.0467. The molecule has 0 aromatic carbocycles. The lowest BCUT2D eigenvalue weighted by atomic mass is 10.0. The molecule has 0 aliphatic carbocycles. The van der Waals surface area contributed by atoms with E-state index < -0.39 is 11.7 Å². The summed E-state index contributed by atoms with van der Waals surface area (Å²) in [4.78, 5) is 19.7. The van der Waals surface area contributed by atoms with Gasteiger partial charge in [0.1, 0.15) is 0 Å². The number of aryl methyl sites for hydroxylation is 1. The number of rotatable bonds is 5. The van der Waals surface area contributed by atoms with E-state index in [1.807, 2.05) is 32.2 Å². The Labute approximate surface area is 170 Å². The van der Waals surface area contributed by atoms with Gasteiger partial charge in [0.05, 0.1) is 29.6 Å². The highest BCUT2D eigenvalue weighted by Crippen LogP contribution is 2.30. The van der Waals surface area contributed by atoms with E-state index in [9.17, 15) is 18.0 Å². The zero-order valence-electron chi connectivity index (χ0n) is 16.5. The fourth-order valence-electron chi connectivity index (χ4n) is 3.00. The monoisotopic (exact) mass is 422 g/mol. The molecule has 0 fully saturated rings. The highest BCUT2D eigenvalue weighted by atomic mass is 32.1. The molecule has 3 aromatic heterocycles. The lowest BCUT2D eigenvalue weighted by molar-refractivity contribution is -0.137. The van der Waals surface area contributed by atoms with E-state index in [1.54, 1.807) is 23.3 Å². The van der Waals surface area contributed by atoms with Crippen LogP contribution in [0.2, 0.25) is 0 Å². The molecule has 9 heteroatoms. The average molecular weight is 422 g/mol. The van der Waals surface area contributed by atoms with Gasteiger partial charge >= 0.3 is 6.18 Å². The predicted octanol–water partition coefficient (Wildman–Crippen LogP) is 5.05. The molecule has 29 heavy (non-hydrogen) atoms. The van der Waals surface area contributed by atoms with Crippen LogP contribution in [-0.4, -0.2) is 32.6 Å². The molecule has 0 radical (unpaired) electrons. The number of nitrogens with zero attached hydrogens (tertiary/aromatic N) is 4. The van der Waals surface area contributed by atoms with Gasteiger partial charge in [-0.05, 0) is 42.0 Å². The standard InChI is InChI=1S/C20H21F3N4OS/c1-12(2)18-15(19(28)26(4)11-16-13(3)7-8-29-16)10-25-27(18)17-6-5-14(9-24-17)20(21,22)23/h5-10,12H,11H2,1-4H3. The SMILES string of the molecule is Cc1ccsc1CN(C)C(=O)c1cnn(-c2ccc(C(F)(F)F)cn2)c1C(C)C. The van der Waals surface area contributed by atoms with Gasteiger partial charge in [-0.1, -0.05) is 13.8 Å². The highest BCUT2D eigenvalue weighted by Gasteiger charge is 2.31. The Morgan fingerprint density at radius 1 is 1.24 bits per heavy atom. The van der Waals surface area contributed by atoms with Crippen LogP contribution in [0.3, 0.4) is 0 Å². The van der Waals surface area contributed by atoms with Gasteiger partial charge in [0.25, 0.3) is 5.91 Å². The summed E-state index contributed by atoms with van der Waals surface area (Å²) in [5, 5.41) is 6.23. The van der Waals surface area contributed by atoms with E-state index in [1.165, 1.54) is 16.9 Å². The van der Waals surface area contributed by atoms with E-state index in [0.717, 1.165) is 22.7 Å². The number of alkyl halides is 3. The number of hydrogen-bond donors (Lipinski definition) is 0. The molecule has 0 aliphatic rings. The molecule has 0 atom stereocenters. The summed E-state index contributed by atoms with van der Waals surface area (Å²) in [6, 6.07) is 4.22. The lowest BCUT2D eigenvalue weighted by Gasteiger charge is -2.18. The fourth-order valence-corrected chi connectivity index (χ4v) is 3.96. The van der Waals surface area contributed by atoms with E-state index in [0.29, 0.717) is 17.8 Å². The summed E-state index contributed by atoms with van der Waals surface area (Å²) in [6.07, 6.45) is -2.23. The van der Waals surface area contributed by atoms with Gasteiger partial charge < -0.3 is 4.90 Å². The molecule has 0 unspecified atom stereocenters. The van der Waals surface area contributed by atoms with Crippen LogP contribution in [0.15, 0.2) is 36.0 Å². The van der Waals surface area contributed by atoms with Gasteiger partial charge in [-0.25, -0.2) is 9.67 Å². The summed E-state index contributed by atoms with van der Waals surface area (Å²) in [5.41, 5.74) is 1.32. The maximum absolute atomic E-state index is 13.0. The van der Waals surface area contributed by atoms with Crippen molar-refractivity contribution in [3.05, 3.63) is 63.2 Å². The first-order valence-electron chi connectivity index (χ1n) is 8.99. The van der Waals surface area contributed by atoms with E-state index in [-0.39, 0.29) is 17.6 Å². The van der Waals surface area contributed by atoms with Crippen molar-refractivity contribution in [1.82, 2.24) is 19.7 Å². The molecular formula is C20H21F3N4OS. The molecule has 1 amide bonds. The number of carbonyl (C=O) groups is 1. The quantitative estimate of drug-likeness (QED) is 0.578. The molecule has 3 aromatic rings. The van der Waals surface area contributed by atoms with Crippen molar-refractivity contribution < 1.29 is 18.0 Å². The third-order valence-electron chi connectivity index (χ3n) is 4.57. The van der Waals surface area contributed by atoms with Gasteiger partial charge in [0, 0.05) is 18.1 Å². The molecule has 154 valence electrons. The molecule has 3 heterocycles. The minimum Gasteiger partial charge on any atom is -0.336 e. The van der Waals surface area contributed by atoms with Crippen LogP contribution in [0.1, 0.15) is 51.8 Å². The van der Waals surface area contributed by atoms with Gasteiger partial charge in [-0.15, -0.1) is 11.3 Å². The van der Waals surface area contributed by atoms with Crippen LogP contribution >= 0.6 is 11.3 Å². The first kappa shape index (κ1) is 21.0. The number of aromatic nitrogens is 3. The third kappa shape index (κ3) is 4.34. The molecule has 3 rings (SSSR count). The molecule has 0 saturated carbocycles. The molecular weight excluding hydrogens is 401 g/mol. The van der Waals surface area contributed by atoms with Crippen LogP contribution < -0.4 is 0 Å². The second-order valence-corrected chi connectivity index (χ2v) is 8.10. The Bertz CT molecular complexity index is 1010. The van der Waals surface area contributed by atoms with Crippen LogP contribution in [0.5, 0.6) is 0 Å². The number of pyridine rings is 1. The normalized spacial score (nSPS) is 11.9. The summed E-state index contributed by atoms with van der Waals surface area (Å²) >= 11 is 1.59. The Balaban J connectivity index is 1.92. The minimum atomic E-state index is -4.46. The zero-order valence-corrected chi connectivity index (χ0v) is 17.3. The van der Waals surface area contributed by atoms with Crippen LogP contribution in [-0.2, 0) is 12.7 Å². The van der Waals surface area contributed by atoms with Crippen molar-refractivity contribution in [2.75, 3.05) is 7.05 Å². The fraction of sp³-hybridized carbons (Fsp3) is 0.350. The van der Waals surface area contributed by atoms with Crippen molar-refractivity contribution >= 4 is 17.2 Å². The second-order valence-electron chi connectivity index (χ2n) is 7.10. The van der Waals surface area contributed by atoms with E-state index in [2.05, 4.69) is 10.1 Å². The van der Waals surface area contributed by atoms with Gasteiger partial charge in [-0.3, -0.25) is 4.79 Å². The molecule has 0 N–H and O–H groups in total. The molecule has 0 saturated heterocycles. The Hall–Kier alpha value is -2.68. The van der Waals surface area contributed by atoms with Crippen LogP contribution in [0.4, 0.5) is 13.2 Å². The number of hydrogen-bond acceptors (Lipinski definition) is 4. The molecule has 0 bridgehead atoms. The van der Waals surface area contributed by atoms with Gasteiger partial charge in [0.15, 0.2) is 5.82 Å².